The molecule has 0 saturated heterocycles. The van der Waals surface area contributed by atoms with Crippen LogP contribution in [0.25, 0.3) is 16.6 Å². The lowest BCUT2D eigenvalue weighted by atomic mass is 10.3. The van der Waals surface area contributed by atoms with E-state index in [1.54, 1.807) is 31.4 Å². The number of anilines is 1. The summed E-state index contributed by atoms with van der Waals surface area (Å²) in [6.07, 6.45) is 5.83. The van der Waals surface area contributed by atoms with Crippen LogP contribution >= 0.6 is 11.3 Å². The third kappa shape index (κ3) is 3.02. The molecule has 0 aliphatic rings. The van der Waals surface area contributed by atoms with Gasteiger partial charge < -0.3 is 9.73 Å². The Balaban J connectivity index is 1.58. The molecule has 1 N–H and O–H groups in total. The average molecular weight is 353 g/mol. The van der Waals surface area contributed by atoms with Crippen molar-refractivity contribution in [3.8, 4) is 16.6 Å². The molecule has 25 heavy (non-hydrogen) atoms. The van der Waals surface area contributed by atoms with E-state index in [9.17, 15) is 4.79 Å². The lowest BCUT2D eigenvalue weighted by molar-refractivity contribution is 0.102. The SMILES string of the molecule is Cc1nc(-c2ccco2)sc1C(=O)Nc1cc(-n2cncn2)ncn1. The van der Waals surface area contributed by atoms with Gasteiger partial charge in [0, 0.05) is 6.07 Å². The number of hydrogen-bond donors (Lipinski definition) is 1. The fourth-order valence-corrected chi connectivity index (χ4v) is 3.08. The molecule has 4 rings (SSSR count). The predicted octanol–water partition coefficient (Wildman–Crippen LogP) is 2.33. The Morgan fingerprint density at radius 2 is 2.24 bits per heavy atom. The number of hydrogen-bond acceptors (Lipinski definition) is 8. The molecule has 0 radical (unpaired) electrons. The fourth-order valence-electron chi connectivity index (χ4n) is 2.15. The Morgan fingerprint density at radius 3 is 3.00 bits per heavy atom. The largest absolute Gasteiger partial charge is 0.462 e. The molecule has 124 valence electrons. The molecule has 1 amide bonds. The zero-order chi connectivity index (χ0) is 17.2. The summed E-state index contributed by atoms with van der Waals surface area (Å²) in [6, 6.07) is 5.18. The van der Waals surface area contributed by atoms with E-state index in [4.69, 9.17) is 4.42 Å². The summed E-state index contributed by atoms with van der Waals surface area (Å²) in [5.41, 5.74) is 0.624. The molecule has 0 aliphatic carbocycles. The third-order valence-corrected chi connectivity index (χ3v) is 4.45. The van der Waals surface area contributed by atoms with Gasteiger partial charge in [-0.2, -0.15) is 5.10 Å². The van der Waals surface area contributed by atoms with E-state index in [2.05, 4.69) is 30.4 Å². The zero-order valence-corrected chi connectivity index (χ0v) is 13.8. The van der Waals surface area contributed by atoms with E-state index in [1.807, 2.05) is 0 Å². The molecule has 0 saturated carbocycles. The lowest BCUT2D eigenvalue weighted by Crippen LogP contribution is -2.13. The van der Waals surface area contributed by atoms with Crippen LogP contribution in [0.4, 0.5) is 5.82 Å². The first-order valence-electron chi connectivity index (χ1n) is 7.20. The first kappa shape index (κ1) is 15.1. The summed E-state index contributed by atoms with van der Waals surface area (Å²) in [6.45, 7) is 1.78. The molecular formula is C15H11N7O2S. The monoisotopic (exact) mass is 353 g/mol. The predicted molar refractivity (Wildman–Crippen MR) is 89.5 cm³/mol. The maximum Gasteiger partial charge on any atom is 0.268 e. The number of nitrogens with one attached hydrogen (secondary N) is 1. The highest BCUT2D eigenvalue weighted by atomic mass is 32.1. The van der Waals surface area contributed by atoms with Crippen LogP contribution in [0.1, 0.15) is 15.4 Å². The molecule has 0 unspecified atom stereocenters. The van der Waals surface area contributed by atoms with Gasteiger partial charge >= 0.3 is 0 Å². The van der Waals surface area contributed by atoms with E-state index in [0.717, 1.165) is 0 Å². The molecule has 0 fully saturated rings. The van der Waals surface area contributed by atoms with Crippen molar-refractivity contribution in [3.05, 3.63) is 54.0 Å². The number of aromatic nitrogens is 6. The van der Waals surface area contributed by atoms with Crippen LogP contribution in [0.3, 0.4) is 0 Å². The van der Waals surface area contributed by atoms with Gasteiger partial charge in [0.05, 0.1) is 12.0 Å². The van der Waals surface area contributed by atoms with Crippen molar-refractivity contribution in [3.63, 3.8) is 0 Å². The minimum Gasteiger partial charge on any atom is -0.462 e. The van der Waals surface area contributed by atoms with Crippen LogP contribution in [0.2, 0.25) is 0 Å². The minimum atomic E-state index is -0.295. The summed E-state index contributed by atoms with van der Waals surface area (Å²) < 4.78 is 6.80. The smallest absolute Gasteiger partial charge is 0.268 e. The van der Waals surface area contributed by atoms with Gasteiger partial charge in [-0.05, 0) is 19.1 Å². The van der Waals surface area contributed by atoms with Gasteiger partial charge in [-0.1, -0.05) is 0 Å². The number of carbonyl (C=O) groups is 1. The number of amides is 1. The van der Waals surface area contributed by atoms with Gasteiger partial charge in [-0.25, -0.2) is 24.6 Å². The van der Waals surface area contributed by atoms with Gasteiger partial charge in [0.2, 0.25) is 0 Å². The van der Waals surface area contributed by atoms with Crippen LogP contribution in [0, 0.1) is 6.92 Å². The van der Waals surface area contributed by atoms with Crippen molar-refractivity contribution >= 4 is 23.1 Å². The molecule has 10 heteroatoms. The van der Waals surface area contributed by atoms with Gasteiger partial charge in [-0.15, -0.1) is 11.3 Å². The Kier molecular flexibility index (Phi) is 3.78. The number of nitrogens with zero attached hydrogens (tertiary/aromatic N) is 6. The highest BCUT2D eigenvalue weighted by Crippen LogP contribution is 2.28. The summed E-state index contributed by atoms with van der Waals surface area (Å²) in [7, 11) is 0. The van der Waals surface area contributed by atoms with E-state index in [-0.39, 0.29) is 5.91 Å². The fraction of sp³-hybridized carbons (Fsp3) is 0.0667. The maximum absolute atomic E-state index is 12.5. The van der Waals surface area contributed by atoms with E-state index in [1.165, 1.54) is 35.0 Å². The second-order valence-corrected chi connectivity index (χ2v) is 5.97. The van der Waals surface area contributed by atoms with Crippen molar-refractivity contribution in [2.45, 2.75) is 6.92 Å². The topological polar surface area (TPSA) is 112 Å². The second-order valence-electron chi connectivity index (χ2n) is 4.97. The second kappa shape index (κ2) is 6.24. The quantitative estimate of drug-likeness (QED) is 0.599. The molecule has 0 spiro atoms. The normalized spacial score (nSPS) is 10.8. The number of rotatable bonds is 4. The molecular weight excluding hydrogens is 342 g/mol. The van der Waals surface area contributed by atoms with Crippen molar-refractivity contribution in [1.82, 2.24) is 29.7 Å². The van der Waals surface area contributed by atoms with E-state index in [0.29, 0.717) is 33.0 Å². The summed E-state index contributed by atoms with van der Waals surface area (Å²) >= 11 is 1.26. The van der Waals surface area contributed by atoms with Crippen LogP contribution < -0.4 is 5.32 Å². The maximum atomic E-state index is 12.5. The molecule has 9 nitrogen and oxygen atoms in total. The zero-order valence-electron chi connectivity index (χ0n) is 12.9. The Labute approximate surface area is 145 Å². The van der Waals surface area contributed by atoms with Crippen molar-refractivity contribution in [2.75, 3.05) is 5.32 Å². The molecule has 4 heterocycles. The Hall–Kier alpha value is -3.40. The summed E-state index contributed by atoms with van der Waals surface area (Å²) in [4.78, 5) is 29.4. The van der Waals surface area contributed by atoms with Crippen molar-refractivity contribution < 1.29 is 9.21 Å². The summed E-state index contributed by atoms with van der Waals surface area (Å²) in [5.74, 6) is 1.19. The molecule has 0 atom stereocenters. The third-order valence-electron chi connectivity index (χ3n) is 3.28. The minimum absolute atomic E-state index is 0.295. The lowest BCUT2D eigenvalue weighted by Gasteiger charge is -2.04. The average Bonchev–Trinajstić information content (AvgIpc) is 3.36. The van der Waals surface area contributed by atoms with Gasteiger partial charge in [0.25, 0.3) is 5.91 Å². The Morgan fingerprint density at radius 1 is 1.32 bits per heavy atom. The number of carbonyl (C=O) groups excluding carboxylic acids is 1. The summed E-state index contributed by atoms with van der Waals surface area (Å²) in [5, 5.41) is 7.39. The van der Waals surface area contributed by atoms with Gasteiger partial charge in [0.1, 0.15) is 29.7 Å². The van der Waals surface area contributed by atoms with Crippen LogP contribution in [0.15, 0.2) is 47.9 Å². The number of thiazole rings is 1. The number of furan rings is 1. The molecule has 0 aliphatic heterocycles. The van der Waals surface area contributed by atoms with E-state index >= 15 is 0 Å². The highest BCUT2D eigenvalue weighted by Gasteiger charge is 2.18. The molecule has 0 bridgehead atoms. The molecule has 4 aromatic rings. The van der Waals surface area contributed by atoms with Crippen molar-refractivity contribution in [1.29, 1.82) is 0 Å². The standard InChI is InChI=1S/C15H11N7O2S/c1-9-13(25-15(20-9)10-3-2-4-24-10)14(23)21-11-5-12(18-7-17-11)22-8-16-6-19-22/h2-8H,1H3,(H,17,18,21,23). The number of aryl methyl sites for hydroxylation is 1. The van der Waals surface area contributed by atoms with E-state index < -0.39 is 0 Å². The van der Waals surface area contributed by atoms with Gasteiger partial charge in [0.15, 0.2) is 16.6 Å². The molecule has 0 aromatic carbocycles. The van der Waals surface area contributed by atoms with Crippen LogP contribution in [0.5, 0.6) is 0 Å². The highest BCUT2D eigenvalue weighted by molar-refractivity contribution is 7.17. The Bertz CT molecular complexity index is 1010. The van der Waals surface area contributed by atoms with Crippen LogP contribution in [-0.2, 0) is 0 Å². The van der Waals surface area contributed by atoms with Crippen LogP contribution in [-0.4, -0.2) is 35.6 Å². The molecule has 4 aromatic heterocycles. The first-order valence-corrected chi connectivity index (χ1v) is 8.02. The van der Waals surface area contributed by atoms with Gasteiger partial charge in [-0.3, -0.25) is 4.79 Å². The first-order chi connectivity index (χ1) is 12.2. The van der Waals surface area contributed by atoms with Crippen molar-refractivity contribution in [2.24, 2.45) is 0 Å².